The molecule has 0 aliphatic carbocycles. The first kappa shape index (κ1) is 16.5. The summed E-state index contributed by atoms with van der Waals surface area (Å²) in [6.45, 7) is 4.20. The molecular weight excluding hydrogens is 326 g/mol. The van der Waals surface area contributed by atoms with Crippen LogP contribution in [0.4, 0.5) is 0 Å². The Morgan fingerprint density at radius 1 is 0.962 bits per heavy atom. The molecule has 0 unspecified atom stereocenters. The summed E-state index contributed by atoms with van der Waals surface area (Å²) in [5.74, 6) is 1.53. The number of hydrogen-bond acceptors (Lipinski definition) is 3. The highest BCUT2D eigenvalue weighted by atomic mass is 16.6. The van der Waals surface area contributed by atoms with Gasteiger partial charge < -0.3 is 14.4 Å². The summed E-state index contributed by atoms with van der Waals surface area (Å²) >= 11 is 0. The van der Waals surface area contributed by atoms with Crippen LogP contribution in [0.5, 0.6) is 11.5 Å². The molecule has 26 heavy (non-hydrogen) atoms. The van der Waals surface area contributed by atoms with Gasteiger partial charge in [0, 0.05) is 24.2 Å². The van der Waals surface area contributed by atoms with E-state index >= 15 is 0 Å². The van der Waals surface area contributed by atoms with Gasteiger partial charge in [-0.3, -0.25) is 4.79 Å². The van der Waals surface area contributed by atoms with E-state index in [4.69, 9.17) is 9.47 Å². The fourth-order valence-corrected chi connectivity index (χ4v) is 3.30. The van der Waals surface area contributed by atoms with E-state index in [2.05, 4.69) is 6.07 Å². The molecule has 1 aliphatic rings. The van der Waals surface area contributed by atoms with Crippen LogP contribution in [-0.4, -0.2) is 30.6 Å². The zero-order chi connectivity index (χ0) is 17.9. The smallest absolute Gasteiger partial charge is 0.254 e. The minimum Gasteiger partial charge on any atom is -0.486 e. The third kappa shape index (κ3) is 3.10. The minimum atomic E-state index is 0.0209. The van der Waals surface area contributed by atoms with Crippen LogP contribution in [0.1, 0.15) is 22.8 Å². The summed E-state index contributed by atoms with van der Waals surface area (Å²) < 4.78 is 11.4. The Morgan fingerprint density at radius 3 is 2.62 bits per heavy atom. The maximum atomic E-state index is 13.0. The summed E-state index contributed by atoms with van der Waals surface area (Å²) in [6.07, 6.45) is 0. The molecule has 3 aromatic carbocycles. The number of amides is 1. The van der Waals surface area contributed by atoms with Gasteiger partial charge in [0.1, 0.15) is 13.2 Å². The van der Waals surface area contributed by atoms with Crippen LogP contribution >= 0.6 is 0 Å². The number of carbonyl (C=O) groups excluding carboxylic acids is 1. The van der Waals surface area contributed by atoms with Crippen molar-refractivity contribution in [2.24, 2.45) is 0 Å². The zero-order valence-corrected chi connectivity index (χ0v) is 14.8. The molecule has 4 nitrogen and oxygen atoms in total. The second-order valence-corrected chi connectivity index (χ2v) is 6.32. The first-order chi connectivity index (χ1) is 12.8. The predicted octanol–water partition coefficient (Wildman–Crippen LogP) is 4.27. The lowest BCUT2D eigenvalue weighted by Gasteiger charge is -2.25. The number of ether oxygens (including phenoxy) is 2. The first-order valence-corrected chi connectivity index (χ1v) is 8.92. The van der Waals surface area contributed by atoms with Gasteiger partial charge in [-0.05, 0) is 35.9 Å². The molecule has 0 spiro atoms. The third-order valence-corrected chi connectivity index (χ3v) is 4.67. The maximum absolute atomic E-state index is 13.0. The lowest BCUT2D eigenvalue weighted by atomic mass is 10.1. The number of hydrogen-bond donors (Lipinski definition) is 0. The van der Waals surface area contributed by atoms with Crippen molar-refractivity contribution in [1.82, 2.24) is 4.90 Å². The molecule has 132 valence electrons. The highest BCUT2D eigenvalue weighted by Gasteiger charge is 2.20. The molecule has 4 heteroatoms. The number of fused-ring (bicyclic) bond motifs is 2. The molecule has 0 radical (unpaired) electrons. The Hall–Kier alpha value is -3.01. The van der Waals surface area contributed by atoms with Crippen molar-refractivity contribution in [2.75, 3.05) is 19.8 Å². The Balaban J connectivity index is 1.61. The van der Waals surface area contributed by atoms with Gasteiger partial charge in [-0.25, -0.2) is 0 Å². The molecule has 0 aromatic heterocycles. The molecule has 3 aromatic rings. The van der Waals surface area contributed by atoms with Crippen molar-refractivity contribution in [2.45, 2.75) is 13.5 Å². The van der Waals surface area contributed by atoms with Crippen molar-refractivity contribution in [3.05, 3.63) is 71.8 Å². The largest absolute Gasteiger partial charge is 0.486 e. The predicted molar refractivity (Wildman–Crippen MR) is 102 cm³/mol. The number of rotatable bonds is 4. The second-order valence-electron chi connectivity index (χ2n) is 6.32. The van der Waals surface area contributed by atoms with Crippen molar-refractivity contribution in [1.29, 1.82) is 0 Å². The monoisotopic (exact) mass is 347 g/mol. The van der Waals surface area contributed by atoms with Gasteiger partial charge in [-0.15, -0.1) is 0 Å². The molecular formula is C22H21NO3. The third-order valence-electron chi connectivity index (χ3n) is 4.67. The van der Waals surface area contributed by atoms with Crippen LogP contribution in [0, 0.1) is 0 Å². The fourth-order valence-electron chi connectivity index (χ4n) is 3.30. The molecule has 0 bridgehead atoms. The van der Waals surface area contributed by atoms with Crippen molar-refractivity contribution >= 4 is 16.7 Å². The summed E-state index contributed by atoms with van der Waals surface area (Å²) in [7, 11) is 0. The van der Waals surface area contributed by atoms with E-state index in [-0.39, 0.29) is 5.91 Å². The lowest BCUT2D eigenvalue weighted by molar-refractivity contribution is 0.0749. The van der Waals surface area contributed by atoms with Crippen molar-refractivity contribution < 1.29 is 14.3 Å². The summed E-state index contributed by atoms with van der Waals surface area (Å²) in [4.78, 5) is 14.9. The van der Waals surface area contributed by atoms with Gasteiger partial charge in [0.05, 0.1) is 0 Å². The number of benzene rings is 3. The van der Waals surface area contributed by atoms with Gasteiger partial charge in [-0.1, -0.05) is 42.5 Å². The zero-order valence-electron chi connectivity index (χ0n) is 14.8. The van der Waals surface area contributed by atoms with Crippen LogP contribution in [0.25, 0.3) is 10.8 Å². The molecule has 0 saturated carbocycles. The molecule has 0 saturated heterocycles. The van der Waals surface area contributed by atoms with E-state index in [9.17, 15) is 4.79 Å². The van der Waals surface area contributed by atoms with Crippen LogP contribution in [0.3, 0.4) is 0 Å². The van der Waals surface area contributed by atoms with Crippen molar-refractivity contribution in [3.8, 4) is 11.5 Å². The number of para-hydroxylation sites is 1. The Kier molecular flexibility index (Phi) is 4.48. The van der Waals surface area contributed by atoms with Crippen LogP contribution in [0.15, 0.2) is 60.7 Å². The standard InChI is InChI=1S/C22H21NO3/c1-2-23(15-19-8-5-9-20-21(19)26-13-12-25-20)22(24)18-11-10-16-6-3-4-7-17(16)14-18/h3-11,14H,2,12-13,15H2,1H3. The molecule has 1 amide bonds. The summed E-state index contributed by atoms with van der Waals surface area (Å²) in [6, 6.07) is 19.8. The molecule has 0 atom stereocenters. The summed E-state index contributed by atoms with van der Waals surface area (Å²) in [5, 5.41) is 2.21. The van der Waals surface area contributed by atoms with E-state index in [0.29, 0.717) is 31.9 Å². The highest BCUT2D eigenvalue weighted by Crippen LogP contribution is 2.34. The van der Waals surface area contributed by atoms with E-state index in [1.165, 1.54) is 0 Å². The van der Waals surface area contributed by atoms with Gasteiger partial charge in [0.15, 0.2) is 11.5 Å². The first-order valence-electron chi connectivity index (χ1n) is 8.92. The topological polar surface area (TPSA) is 38.8 Å². The Labute approximate surface area is 153 Å². The fraction of sp³-hybridized carbons (Fsp3) is 0.227. The molecule has 4 rings (SSSR count). The average molecular weight is 347 g/mol. The van der Waals surface area contributed by atoms with Gasteiger partial charge in [0.2, 0.25) is 0 Å². The molecule has 0 fully saturated rings. The van der Waals surface area contributed by atoms with E-state index in [0.717, 1.165) is 27.8 Å². The van der Waals surface area contributed by atoms with Crippen LogP contribution < -0.4 is 9.47 Å². The number of nitrogens with zero attached hydrogens (tertiary/aromatic N) is 1. The second kappa shape index (κ2) is 7.08. The minimum absolute atomic E-state index is 0.0209. The van der Waals surface area contributed by atoms with Gasteiger partial charge in [0.25, 0.3) is 5.91 Å². The average Bonchev–Trinajstić information content (AvgIpc) is 2.71. The molecule has 0 N–H and O–H groups in total. The molecule has 1 aliphatic heterocycles. The van der Waals surface area contributed by atoms with E-state index < -0.39 is 0 Å². The van der Waals surface area contributed by atoms with Crippen molar-refractivity contribution in [3.63, 3.8) is 0 Å². The SMILES string of the molecule is CCN(Cc1cccc2c1OCCO2)C(=O)c1ccc2ccccc2c1. The Bertz CT molecular complexity index is 951. The quantitative estimate of drug-likeness (QED) is 0.707. The van der Waals surface area contributed by atoms with Gasteiger partial charge in [-0.2, -0.15) is 0 Å². The lowest BCUT2D eigenvalue weighted by Crippen LogP contribution is -2.30. The highest BCUT2D eigenvalue weighted by molar-refractivity contribution is 5.98. The number of carbonyl (C=O) groups is 1. The molecule has 1 heterocycles. The summed E-state index contributed by atoms with van der Waals surface area (Å²) in [5.41, 5.74) is 1.67. The van der Waals surface area contributed by atoms with E-state index in [1.54, 1.807) is 0 Å². The maximum Gasteiger partial charge on any atom is 0.254 e. The van der Waals surface area contributed by atoms with Crippen LogP contribution in [0.2, 0.25) is 0 Å². The van der Waals surface area contributed by atoms with Crippen LogP contribution in [-0.2, 0) is 6.54 Å². The van der Waals surface area contributed by atoms with Gasteiger partial charge >= 0.3 is 0 Å². The van der Waals surface area contributed by atoms with E-state index in [1.807, 2.05) is 66.4 Å². The normalized spacial score (nSPS) is 12.8. The Morgan fingerprint density at radius 2 is 1.77 bits per heavy atom.